The maximum absolute atomic E-state index is 11.8. The van der Waals surface area contributed by atoms with Crippen LogP contribution in [0.25, 0.3) is 6.08 Å². The summed E-state index contributed by atoms with van der Waals surface area (Å²) in [6, 6.07) is 4.01. The highest BCUT2D eigenvalue weighted by molar-refractivity contribution is 7.99. The summed E-state index contributed by atoms with van der Waals surface area (Å²) in [5, 5.41) is 2.64. The predicted octanol–water partition coefficient (Wildman–Crippen LogP) is 2.73. The molecular weight excluding hydrogens is 238 g/mol. The van der Waals surface area contributed by atoms with Crippen molar-refractivity contribution < 1.29 is 4.79 Å². The molecule has 4 heteroatoms. The number of likely N-dealkylation sites (tertiary alicyclic amines) is 1. The molecule has 1 aliphatic heterocycles. The topological polar surface area (TPSA) is 20.3 Å². The number of thioether (sulfide) groups is 1. The lowest BCUT2D eigenvalue weighted by molar-refractivity contribution is -0.124. The second-order valence-corrected chi connectivity index (χ2v) is 5.90. The summed E-state index contributed by atoms with van der Waals surface area (Å²) < 4.78 is 0. The highest BCUT2D eigenvalue weighted by atomic mass is 32.2. The van der Waals surface area contributed by atoms with E-state index in [1.54, 1.807) is 17.4 Å². The van der Waals surface area contributed by atoms with Crippen molar-refractivity contribution in [2.75, 3.05) is 19.3 Å². The van der Waals surface area contributed by atoms with E-state index in [4.69, 9.17) is 0 Å². The van der Waals surface area contributed by atoms with Gasteiger partial charge >= 0.3 is 0 Å². The third-order valence-corrected chi connectivity index (χ3v) is 4.61. The minimum Gasteiger partial charge on any atom is -0.338 e. The van der Waals surface area contributed by atoms with Gasteiger partial charge in [-0.3, -0.25) is 4.79 Å². The predicted molar refractivity (Wildman–Crippen MR) is 71.9 cm³/mol. The van der Waals surface area contributed by atoms with Crippen LogP contribution in [0.4, 0.5) is 0 Å². The maximum atomic E-state index is 11.8. The molecule has 1 atom stereocenters. The zero-order valence-electron chi connectivity index (χ0n) is 9.26. The van der Waals surface area contributed by atoms with Crippen LogP contribution in [0.1, 0.15) is 11.3 Å². The number of hydrogen-bond acceptors (Lipinski definition) is 3. The summed E-state index contributed by atoms with van der Waals surface area (Å²) in [5.41, 5.74) is 0. The molecule has 1 aromatic heterocycles. The van der Waals surface area contributed by atoms with E-state index >= 15 is 0 Å². The van der Waals surface area contributed by atoms with Gasteiger partial charge in [0.1, 0.15) is 0 Å². The van der Waals surface area contributed by atoms with Gasteiger partial charge in [0.15, 0.2) is 0 Å². The van der Waals surface area contributed by atoms with Crippen LogP contribution in [0.5, 0.6) is 0 Å². The molecule has 2 nitrogen and oxygen atoms in total. The first kappa shape index (κ1) is 11.7. The largest absolute Gasteiger partial charge is 0.338 e. The lowest BCUT2D eigenvalue weighted by Crippen LogP contribution is -2.27. The molecule has 0 N–H and O–H groups in total. The number of thiophene rings is 1. The molecule has 1 saturated heterocycles. The lowest BCUT2D eigenvalue weighted by Gasteiger charge is -2.13. The van der Waals surface area contributed by atoms with Crippen molar-refractivity contribution in [2.45, 2.75) is 11.7 Å². The van der Waals surface area contributed by atoms with E-state index < -0.39 is 0 Å². The SMILES string of the molecule is CS[C@H]1CCN(C(=O)/C=C/c2cccs2)C1. The Hall–Kier alpha value is -0.740. The summed E-state index contributed by atoms with van der Waals surface area (Å²) >= 11 is 3.50. The first-order valence-electron chi connectivity index (χ1n) is 5.33. The van der Waals surface area contributed by atoms with E-state index in [0.717, 1.165) is 24.4 Å². The first-order chi connectivity index (χ1) is 7.79. The van der Waals surface area contributed by atoms with Gasteiger partial charge in [0, 0.05) is 29.3 Å². The van der Waals surface area contributed by atoms with E-state index in [1.165, 1.54) is 0 Å². The third-order valence-electron chi connectivity index (χ3n) is 2.72. The molecule has 1 amide bonds. The van der Waals surface area contributed by atoms with E-state index in [9.17, 15) is 4.79 Å². The minimum atomic E-state index is 0.143. The van der Waals surface area contributed by atoms with Crippen LogP contribution in [0, 0.1) is 0 Å². The molecular formula is C12H15NOS2. The van der Waals surface area contributed by atoms with Gasteiger partial charge in [0.25, 0.3) is 0 Å². The van der Waals surface area contributed by atoms with Crippen molar-refractivity contribution in [3.8, 4) is 0 Å². The molecule has 0 unspecified atom stereocenters. The Morgan fingerprint density at radius 1 is 1.69 bits per heavy atom. The summed E-state index contributed by atoms with van der Waals surface area (Å²) in [6.45, 7) is 1.80. The molecule has 2 rings (SSSR count). The standard InChI is InChI=1S/C12H15NOS2/c1-15-11-6-7-13(9-11)12(14)5-4-10-3-2-8-16-10/h2-5,8,11H,6-7,9H2,1H3/b5-4+/t11-/m0/s1. The van der Waals surface area contributed by atoms with Crippen LogP contribution in [0.15, 0.2) is 23.6 Å². The fourth-order valence-corrected chi connectivity index (χ4v) is 3.05. The average Bonchev–Trinajstić information content (AvgIpc) is 2.96. The highest BCUT2D eigenvalue weighted by Gasteiger charge is 2.23. The molecule has 86 valence electrons. The fraction of sp³-hybridized carbons (Fsp3) is 0.417. The van der Waals surface area contributed by atoms with Crippen molar-refractivity contribution in [1.82, 2.24) is 4.90 Å². The molecule has 16 heavy (non-hydrogen) atoms. The van der Waals surface area contributed by atoms with Gasteiger partial charge in [-0.25, -0.2) is 0 Å². The molecule has 0 aliphatic carbocycles. The fourth-order valence-electron chi connectivity index (χ4n) is 1.77. The molecule has 2 heterocycles. The van der Waals surface area contributed by atoms with Crippen molar-refractivity contribution in [3.05, 3.63) is 28.5 Å². The van der Waals surface area contributed by atoms with Gasteiger partial charge < -0.3 is 4.90 Å². The van der Waals surface area contributed by atoms with Gasteiger partial charge in [-0.2, -0.15) is 11.8 Å². The highest BCUT2D eigenvalue weighted by Crippen LogP contribution is 2.20. The maximum Gasteiger partial charge on any atom is 0.246 e. The summed E-state index contributed by atoms with van der Waals surface area (Å²) in [7, 11) is 0. The molecule has 1 aromatic rings. The molecule has 0 saturated carbocycles. The van der Waals surface area contributed by atoms with Crippen LogP contribution in [-0.4, -0.2) is 35.4 Å². The van der Waals surface area contributed by atoms with Crippen molar-refractivity contribution in [2.24, 2.45) is 0 Å². The zero-order chi connectivity index (χ0) is 11.4. The van der Waals surface area contributed by atoms with Gasteiger partial charge in [-0.1, -0.05) is 6.07 Å². The Kier molecular flexibility index (Phi) is 4.07. The second kappa shape index (κ2) is 5.55. The Balaban J connectivity index is 1.89. The first-order valence-corrected chi connectivity index (χ1v) is 7.49. The molecule has 1 aliphatic rings. The second-order valence-electron chi connectivity index (χ2n) is 3.78. The number of rotatable bonds is 3. The van der Waals surface area contributed by atoms with Gasteiger partial charge in [-0.05, 0) is 30.2 Å². The van der Waals surface area contributed by atoms with Crippen molar-refractivity contribution in [3.63, 3.8) is 0 Å². The molecule has 0 aromatic carbocycles. The Morgan fingerprint density at radius 2 is 2.56 bits per heavy atom. The molecule has 0 bridgehead atoms. The summed E-state index contributed by atoms with van der Waals surface area (Å²) in [6.07, 6.45) is 6.83. The smallest absolute Gasteiger partial charge is 0.246 e. The van der Waals surface area contributed by atoms with E-state index in [2.05, 4.69) is 6.26 Å². The Bertz CT molecular complexity index is 372. The van der Waals surface area contributed by atoms with E-state index in [-0.39, 0.29) is 5.91 Å². The lowest BCUT2D eigenvalue weighted by atomic mass is 10.4. The van der Waals surface area contributed by atoms with Gasteiger partial charge in [-0.15, -0.1) is 11.3 Å². The van der Waals surface area contributed by atoms with Crippen LogP contribution < -0.4 is 0 Å². The molecule has 0 spiro atoms. The number of carbonyl (C=O) groups is 1. The third kappa shape index (κ3) is 2.89. The van der Waals surface area contributed by atoms with Crippen LogP contribution >= 0.6 is 23.1 Å². The summed E-state index contributed by atoms with van der Waals surface area (Å²) in [4.78, 5) is 14.9. The molecule has 1 fully saturated rings. The normalized spacial score (nSPS) is 20.8. The number of hydrogen-bond donors (Lipinski definition) is 0. The van der Waals surface area contributed by atoms with Gasteiger partial charge in [0.05, 0.1) is 0 Å². The number of amides is 1. The summed E-state index contributed by atoms with van der Waals surface area (Å²) in [5.74, 6) is 0.143. The Labute approximate surface area is 104 Å². The number of nitrogens with zero attached hydrogens (tertiary/aromatic N) is 1. The van der Waals surface area contributed by atoms with Crippen LogP contribution in [-0.2, 0) is 4.79 Å². The minimum absolute atomic E-state index is 0.143. The number of carbonyl (C=O) groups excluding carboxylic acids is 1. The van der Waals surface area contributed by atoms with Crippen molar-refractivity contribution in [1.29, 1.82) is 0 Å². The monoisotopic (exact) mass is 253 g/mol. The zero-order valence-corrected chi connectivity index (χ0v) is 10.9. The van der Waals surface area contributed by atoms with Crippen molar-refractivity contribution >= 4 is 35.1 Å². The van der Waals surface area contributed by atoms with Gasteiger partial charge in [0.2, 0.25) is 5.91 Å². The quantitative estimate of drug-likeness (QED) is 0.772. The van der Waals surface area contributed by atoms with Crippen LogP contribution in [0.3, 0.4) is 0 Å². The van der Waals surface area contributed by atoms with E-state index in [0.29, 0.717) is 5.25 Å². The Morgan fingerprint density at radius 3 is 3.19 bits per heavy atom. The van der Waals surface area contributed by atoms with E-state index in [1.807, 2.05) is 40.3 Å². The molecule has 0 radical (unpaired) electrons. The average molecular weight is 253 g/mol. The van der Waals surface area contributed by atoms with Crippen LogP contribution in [0.2, 0.25) is 0 Å².